The summed E-state index contributed by atoms with van der Waals surface area (Å²) in [7, 11) is 4.53. The Bertz CT molecular complexity index is 1270. The molecule has 1 N–H and O–H groups in total. The Morgan fingerprint density at radius 1 is 1.28 bits per heavy atom. The van der Waals surface area contributed by atoms with Crippen molar-refractivity contribution in [3.63, 3.8) is 0 Å². The highest BCUT2D eigenvalue weighted by Gasteiger charge is 2.33. The molecule has 4 rings (SSSR count). The number of amides is 2. The lowest BCUT2D eigenvalue weighted by molar-refractivity contribution is 0.139. The standard InChI is InChI=1S/C26H31N8OP/c1-17(2)21(15-28-4)24-23(36)16-29-25(31-24)32-7-9-33(10-8-32)26(35)34-22(5-6-30-34)20-12-18(3)11-19(13-20)14-27/h6,11-13,15-16,22,28H,1,5,7-10,36H2,2-4H3/b21-15+. The van der Waals surface area contributed by atoms with E-state index in [2.05, 4.69) is 42.2 Å². The molecule has 0 bridgehead atoms. The Hall–Kier alpha value is -3.76. The number of aryl methyl sites for hydroxylation is 1. The van der Waals surface area contributed by atoms with Crippen molar-refractivity contribution in [1.82, 2.24) is 25.2 Å². The van der Waals surface area contributed by atoms with Crippen LogP contribution in [0.2, 0.25) is 0 Å². The van der Waals surface area contributed by atoms with Gasteiger partial charge in [0.25, 0.3) is 0 Å². The molecule has 0 spiro atoms. The van der Waals surface area contributed by atoms with Crippen LogP contribution in [-0.2, 0) is 0 Å². The van der Waals surface area contributed by atoms with Gasteiger partial charge in [-0.1, -0.05) is 12.6 Å². The first-order valence-electron chi connectivity index (χ1n) is 11.9. The van der Waals surface area contributed by atoms with Gasteiger partial charge in [0.05, 0.1) is 23.4 Å². The topological polar surface area (TPSA) is 101 Å². The second-order valence-electron chi connectivity index (χ2n) is 9.00. The summed E-state index contributed by atoms with van der Waals surface area (Å²) in [5.74, 6) is 0.632. The van der Waals surface area contributed by atoms with Gasteiger partial charge in [-0.2, -0.15) is 10.4 Å². The molecule has 36 heavy (non-hydrogen) atoms. The van der Waals surface area contributed by atoms with E-state index in [1.54, 1.807) is 17.4 Å². The lowest BCUT2D eigenvalue weighted by Gasteiger charge is -2.37. The van der Waals surface area contributed by atoms with E-state index < -0.39 is 0 Å². The van der Waals surface area contributed by atoms with E-state index in [-0.39, 0.29) is 12.1 Å². The highest BCUT2D eigenvalue weighted by atomic mass is 31.0. The van der Waals surface area contributed by atoms with Crippen LogP contribution in [0.25, 0.3) is 5.57 Å². The highest BCUT2D eigenvalue weighted by Crippen LogP contribution is 2.31. The second-order valence-corrected chi connectivity index (χ2v) is 9.62. The van der Waals surface area contributed by atoms with E-state index in [9.17, 15) is 10.1 Å². The predicted molar refractivity (Wildman–Crippen MR) is 146 cm³/mol. The van der Waals surface area contributed by atoms with Crippen molar-refractivity contribution in [1.29, 1.82) is 5.26 Å². The number of nitrogens with one attached hydrogen (secondary N) is 1. The van der Waals surface area contributed by atoms with Crippen LogP contribution in [0.3, 0.4) is 0 Å². The summed E-state index contributed by atoms with van der Waals surface area (Å²) in [4.78, 5) is 26.7. The van der Waals surface area contributed by atoms with Crippen LogP contribution < -0.4 is 15.5 Å². The monoisotopic (exact) mass is 502 g/mol. The van der Waals surface area contributed by atoms with E-state index >= 15 is 0 Å². The molecule has 0 saturated carbocycles. The largest absolute Gasteiger partial charge is 0.393 e. The van der Waals surface area contributed by atoms with Gasteiger partial charge in [-0.3, -0.25) is 0 Å². The molecule has 9 nitrogen and oxygen atoms in total. The van der Waals surface area contributed by atoms with Gasteiger partial charge in [0.15, 0.2) is 0 Å². The fourth-order valence-electron chi connectivity index (χ4n) is 4.48. The Labute approximate surface area is 214 Å². The first-order valence-corrected chi connectivity index (χ1v) is 12.4. The minimum absolute atomic E-state index is 0.128. The van der Waals surface area contributed by atoms with Gasteiger partial charge < -0.3 is 15.1 Å². The van der Waals surface area contributed by atoms with Gasteiger partial charge >= 0.3 is 6.03 Å². The number of carbonyl (C=O) groups is 1. The molecule has 2 aliphatic rings. The van der Waals surface area contributed by atoms with Crippen LogP contribution in [0, 0.1) is 18.3 Å². The SMILES string of the molecule is C=C(C)/C(=C\NC)c1nc(N2CCN(C(=O)N3N=CCC3c3cc(C)cc(C#N)c3)CC2)ncc1P. The van der Waals surface area contributed by atoms with Crippen molar-refractivity contribution in [2.45, 2.75) is 26.3 Å². The molecule has 2 aliphatic heterocycles. The molecule has 1 aromatic carbocycles. The number of aromatic nitrogens is 2. The maximum Gasteiger partial charge on any atom is 0.341 e. The third-order valence-corrected chi connectivity index (χ3v) is 6.70. The number of nitrogens with zero attached hydrogens (tertiary/aromatic N) is 7. The predicted octanol–water partition coefficient (Wildman–Crippen LogP) is 2.97. The molecule has 0 aliphatic carbocycles. The molecule has 186 valence electrons. The third kappa shape index (κ3) is 5.24. The van der Waals surface area contributed by atoms with E-state index in [4.69, 9.17) is 4.98 Å². The molecule has 2 atom stereocenters. The Morgan fingerprint density at radius 2 is 2.03 bits per heavy atom. The highest BCUT2D eigenvalue weighted by molar-refractivity contribution is 7.27. The number of hydrogen-bond donors (Lipinski definition) is 1. The first-order chi connectivity index (χ1) is 17.3. The van der Waals surface area contributed by atoms with Gasteiger partial charge in [-0.15, -0.1) is 9.24 Å². The number of piperazine rings is 1. The molecule has 1 fully saturated rings. The normalized spacial score (nSPS) is 17.8. The van der Waals surface area contributed by atoms with Gasteiger partial charge in [0.1, 0.15) is 0 Å². The fraction of sp³-hybridized carbons (Fsp3) is 0.346. The van der Waals surface area contributed by atoms with E-state index in [1.807, 2.05) is 50.2 Å². The Morgan fingerprint density at radius 3 is 2.69 bits per heavy atom. The van der Waals surface area contributed by atoms with Crippen LogP contribution in [0.15, 0.2) is 47.8 Å². The zero-order valence-electron chi connectivity index (χ0n) is 20.9. The summed E-state index contributed by atoms with van der Waals surface area (Å²) in [5.41, 5.74) is 5.16. The minimum atomic E-state index is -0.206. The first kappa shape index (κ1) is 25.3. The smallest absolute Gasteiger partial charge is 0.341 e. The molecular weight excluding hydrogens is 471 g/mol. The number of nitriles is 1. The van der Waals surface area contributed by atoms with Crippen molar-refractivity contribution in [2.75, 3.05) is 38.1 Å². The van der Waals surface area contributed by atoms with Gasteiger partial charge in [-0.05, 0) is 42.7 Å². The molecule has 1 aromatic heterocycles. The van der Waals surface area contributed by atoms with Crippen molar-refractivity contribution in [3.8, 4) is 6.07 Å². The summed E-state index contributed by atoms with van der Waals surface area (Å²) in [6.45, 7) is 10.3. The summed E-state index contributed by atoms with van der Waals surface area (Å²) < 4.78 is 0. The molecule has 2 amide bonds. The molecule has 0 radical (unpaired) electrons. The van der Waals surface area contributed by atoms with Crippen LogP contribution >= 0.6 is 9.24 Å². The molecular formula is C26H31N8OP. The van der Waals surface area contributed by atoms with Crippen molar-refractivity contribution >= 4 is 38.3 Å². The number of allylic oxidation sites excluding steroid dienone is 2. The zero-order chi connectivity index (χ0) is 25.8. The van der Waals surface area contributed by atoms with Crippen molar-refractivity contribution < 1.29 is 4.79 Å². The molecule has 10 heteroatoms. The zero-order valence-corrected chi connectivity index (χ0v) is 22.1. The number of urea groups is 1. The maximum atomic E-state index is 13.4. The molecule has 1 saturated heterocycles. The second kappa shape index (κ2) is 10.9. The summed E-state index contributed by atoms with van der Waals surface area (Å²) in [5, 5.41) is 19.2. The minimum Gasteiger partial charge on any atom is -0.393 e. The lowest BCUT2D eigenvalue weighted by atomic mass is 9.99. The fourth-order valence-corrected chi connectivity index (χ4v) is 4.77. The summed E-state index contributed by atoms with van der Waals surface area (Å²) in [6, 6.07) is 7.57. The van der Waals surface area contributed by atoms with Crippen molar-refractivity contribution in [2.24, 2.45) is 5.10 Å². The van der Waals surface area contributed by atoms with Crippen LogP contribution in [-0.4, -0.2) is 65.3 Å². The Kier molecular flexibility index (Phi) is 7.66. The van der Waals surface area contributed by atoms with Crippen LogP contribution in [0.4, 0.5) is 10.7 Å². The quantitative estimate of drug-likeness (QED) is 0.499. The molecule has 3 heterocycles. The van der Waals surface area contributed by atoms with Crippen LogP contribution in [0.5, 0.6) is 0 Å². The number of hydrogen-bond acceptors (Lipinski definition) is 7. The number of carbonyl (C=O) groups excluding carboxylic acids is 1. The maximum absolute atomic E-state index is 13.4. The van der Waals surface area contributed by atoms with Gasteiger partial charge in [0.2, 0.25) is 5.95 Å². The number of anilines is 1. The summed E-state index contributed by atoms with van der Waals surface area (Å²) in [6.07, 6.45) is 6.08. The van der Waals surface area contributed by atoms with Crippen molar-refractivity contribution in [3.05, 3.63) is 65.1 Å². The third-order valence-electron chi connectivity index (χ3n) is 6.28. The van der Waals surface area contributed by atoms with Gasteiger partial charge in [-0.25, -0.2) is 19.8 Å². The van der Waals surface area contributed by atoms with E-state index in [0.29, 0.717) is 44.1 Å². The van der Waals surface area contributed by atoms with E-state index in [0.717, 1.165) is 33.3 Å². The molecule has 2 aromatic rings. The molecule has 2 unspecified atom stereocenters. The summed E-state index contributed by atoms with van der Waals surface area (Å²) >= 11 is 0. The number of benzene rings is 1. The van der Waals surface area contributed by atoms with Gasteiger partial charge in [0, 0.05) is 69.1 Å². The lowest BCUT2D eigenvalue weighted by Crippen LogP contribution is -2.52. The average Bonchev–Trinajstić information content (AvgIpc) is 3.37. The van der Waals surface area contributed by atoms with Crippen LogP contribution in [0.1, 0.15) is 41.8 Å². The Balaban J connectivity index is 1.46. The average molecular weight is 503 g/mol. The number of rotatable bonds is 5. The van der Waals surface area contributed by atoms with E-state index in [1.165, 1.54) is 0 Å². The number of hydrazone groups is 1.